The second kappa shape index (κ2) is 5.41. The number of likely N-dealkylation sites (tertiary alicyclic amines) is 1. The summed E-state index contributed by atoms with van der Waals surface area (Å²) in [6.45, 7) is 2.17. The van der Waals surface area contributed by atoms with Crippen molar-refractivity contribution >= 4 is 9.84 Å². The number of piperidine rings is 1. The molecule has 0 spiro atoms. The number of hydrogen-bond acceptors (Lipinski definition) is 3. The largest absolute Gasteiger partial charge is 0.300 e. The number of rotatable bonds is 3. The predicted octanol–water partition coefficient (Wildman–Crippen LogP) is 2.33. The van der Waals surface area contributed by atoms with Gasteiger partial charge in [0.2, 0.25) is 0 Å². The molecule has 100 valence electrons. The van der Waals surface area contributed by atoms with Crippen LogP contribution in [0, 0.1) is 0 Å². The summed E-state index contributed by atoms with van der Waals surface area (Å²) < 4.78 is 24.7. The summed E-state index contributed by atoms with van der Waals surface area (Å²) in [5.74, 6) is 0.234. The minimum Gasteiger partial charge on any atom is -0.300 e. The molecular weight excluding hydrogens is 246 g/mol. The van der Waals surface area contributed by atoms with Crippen LogP contribution in [-0.4, -0.2) is 38.2 Å². The van der Waals surface area contributed by atoms with Crippen LogP contribution in [0.1, 0.15) is 26.2 Å². The Balaban J connectivity index is 2.13. The van der Waals surface area contributed by atoms with E-state index in [1.165, 1.54) is 6.42 Å². The fourth-order valence-electron chi connectivity index (χ4n) is 2.59. The van der Waals surface area contributed by atoms with Crippen molar-refractivity contribution in [3.05, 3.63) is 30.3 Å². The van der Waals surface area contributed by atoms with Gasteiger partial charge in [-0.25, -0.2) is 8.42 Å². The van der Waals surface area contributed by atoms with Gasteiger partial charge >= 0.3 is 0 Å². The van der Waals surface area contributed by atoms with Crippen molar-refractivity contribution < 1.29 is 8.42 Å². The van der Waals surface area contributed by atoms with Gasteiger partial charge in [-0.3, -0.25) is 4.90 Å². The fourth-order valence-corrected chi connectivity index (χ4v) is 4.27. The summed E-state index contributed by atoms with van der Waals surface area (Å²) in [6.07, 6.45) is 3.27. The van der Waals surface area contributed by atoms with E-state index in [9.17, 15) is 8.42 Å². The lowest BCUT2D eigenvalue weighted by Gasteiger charge is -2.37. The first kappa shape index (κ1) is 13.6. The van der Waals surface area contributed by atoms with E-state index in [2.05, 4.69) is 11.8 Å². The van der Waals surface area contributed by atoms with Gasteiger partial charge in [0, 0.05) is 12.1 Å². The summed E-state index contributed by atoms with van der Waals surface area (Å²) in [4.78, 5) is 2.65. The van der Waals surface area contributed by atoms with E-state index >= 15 is 0 Å². The monoisotopic (exact) mass is 267 g/mol. The van der Waals surface area contributed by atoms with Crippen LogP contribution in [0.2, 0.25) is 0 Å². The van der Waals surface area contributed by atoms with Crippen molar-refractivity contribution in [3.8, 4) is 0 Å². The van der Waals surface area contributed by atoms with Crippen molar-refractivity contribution in [2.24, 2.45) is 0 Å². The van der Waals surface area contributed by atoms with Crippen LogP contribution in [0.5, 0.6) is 0 Å². The molecule has 4 heteroatoms. The summed E-state index contributed by atoms with van der Waals surface area (Å²) in [7, 11) is -1.12. The Bertz CT molecular complexity index is 484. The van der Waals surface area contributed by atoms with Crippen LogP contribution in [0.15, 0.2) is 35.2 Å². The van der Waals surface area contributed by atoms with Gasteiger partial charge in [0.15, 0.2) is 9.84 Å². The van der Waals surface area contributed by atoms with Gasteiger partial charge in [-0.1, -0.05) is 24.6 Å². The maximum absolute atomic E-state index is 12.3. The van der Waals surface area contributed by atoms with Gasteiger partial charge in [0.25, 0.3) is 0 Å². The molecular formula is C14H21NO2S. The molecule has 1 aliphatic rings. The van der Waals surface area contributed by atoms with Crippen LogP contribution >= 0.6 is 0 Å². The van der Waals surface area contributed by atoms with Gasteiger partial charge in [-0.15, -0.1) is 0 Å². The molecule has 3 nitrogen and oxygen atoms in total. The molecule has 1 saturated heterocycles. The molecule has 1 aliphatic heterocycles. The lowest BCUT2D eigenvalue weighted by atomic mass is 9.99. The van der Waals surface area contributed by atoms with E-state index < -0.39 is 9.84 Å². The smallest absolute Gasteiger partial charge is 0.179 e. The molecule has 0 aromatic heterocycles. The summed E-state index contributed by atoms with van der Waals surface area (Å²) in [6, 6.07) is 9.39. The van der Waals surface area contributed by atoms with E-state index in [1.807, 2.05) is 13.1 Å². The second-order valence-electron chi connectivity index (χ2n) is 5.19. The van der Waals surface area contributed by atoms with Gasteiger partial charge in [-0.05, 0) is 38.9 Å². The second-order valence-corrected chi connectivity index (χ2v) is 7.23. The summed E-state index contributed by atoms with van der Waals surface area (Å²) >= 11 is 0. The Morgan fingerprint density at radius 3 is 2.56 bits per heavy atom. The topological polar surface area (TPSA) is 37.4 Å². The van der Waals surface area contributed by atoms with Gasteiger partial charge < -0.3 is 0 Å². The molecule has 0 N–H and O–H groups in total. The van der Waals surface area contributed by atoms with E-state index in [0.717, 1.165) is 12.8 Å². The van der Waals surface area contributed by atoms with Crippen molar-refractivity contribution in [1.82, 2.24) is 4.90 Å². The van der Waals surface area contributed by atoms with E-state index in [1.54, 1.807) is 24.3 Å². The predicted molar refractivity (Wildman–Crippen MR) is 73.4 cm³/mol. The van der Waals surface area contributed by atoms with Crippen LogP contribution in [0.3, 0.4) is 0 Å². The number of hydrogen-bond donors (Lipinski definition) is 0. The molecule has 0 radical (unpaired) electrons. The van der Waals surface area contributed by atoms with Crippen LogP contribution in [0.4, 0.5) is 0 Å². The summed E-state index contributed by atoms with van der Waals surface area (Å²) in [5.41, 5.74) is 0. The molecule has 18 heavy (non-hydrogen) atoms. The molecule has 0 amide bonds. The third kappa shape index (κ3) is 2.93. The Labute approximate surface area is 110 Å². The Morgan fingerprint density at radius 1 is 1.22 bits per heavy atom. The van der Waals surface area contributed by atoms with Crippen molar-refractivity contribution in [2.75, 3.05) is 12.8 Å². The minimum absolute atomic E-state index is 0.152. The fraction of sp³-hybridized carbons (Fsp3) is 0.571. The van der Waals surface area contributed by atoms with Gasteiger partial charge in [0.1, 0.15) is 0 Å². The average Bonchev–Trinajstić information content (AvgIpc) is 2.36. The SMILES string of the molecule is C[C@H]1CCC[C@H](CS(=O)(=O)c2ccccc2)N1C. The third-order valence-corrected chi connectivity index (χ3v) is 5.76. The molecule has 0 saturated carbocycles. The van der Waals surface area contributed by atoms with Crippen molar-refractivity contribution in [2.45, 2.75) is 43.2 Å². The van der Waals surface area contributed by atoms with E-state index in [4.69, 9.17) is 0 Å². The maximum Gasteiger partial charge on any atom is 0.179 e. The lowest BCUT2D eigenvalue weighted by Crippen LogP contribution is -2.45. The minimum atomic E-state index is -3.16. The molecule has 2 atom stereocenters. The molecule has 0 unspecified atom stereocenters. The molecule has 0 aliphatic carbocycles. The van der Waals surface area contributed by atoms with Crippen LogP contribution < -0.4 is 0 Å². The average molecular weight is 267 g/mol. The highest BCUT2D eigenvalue weighted by molar-refractivity contribution is 7.91. The Hall–Kier alpha value is -0.870. The third-order valence-electron chi connectivity index (χ3n) is 3.94. The molecule has 1 aromatic carbocycles. The van der Waals surface area contributed by atoms with Gasteiger partial charge in [-0.2, -0.15) is 0 Å². The Kier molecular flexibility index (Phi) is 4.07. The van der Waals surface area contributed by atoms with Crippen LogP contribution in [-0.2, 0) is 9.84 Å². The highest BCUT2D eigenvalue weighted by Crippen LogP contribution is 2.24. The highest BCUT2D eigenvalue weighted by atomic mass is 32.2. The first-order valence-corrected chi connectivity index (χ1v) is 8.15. The standard InChI is InChI=1S/C14H21NO2S/c1-12-7-6-8-13(15(12)2)11-18(16,17)14-9-4-3-5-10-14/h3-5,9-10,12-13H,6-8,11H2,1-2H3/t12-,13+/m0/s1. The number of benzene rings is 1. The normalized spacial score (nSPS) is 26.1. The van der Waals surface area contributed by atoms with E-state index in [0.29, 0.717) is 10.9 Å². The van der Waals surface area contributed by atoms with Crippen molar-refractivity contribution in [3.63, 3.8) is 0 Å². The highest BCUT2D eigenvalue weighted by Gasteiger charge is 2.29. The summed E-state index contributed by atoms with van der Waals surface area (Å²) in [5, 5.41) is 0. The quantitative estimate of drug-likeness (QED) is 0.843. The first-order valence-electron chi connectivity index (χ1n) is 6.50. The zero-order chi connectivity index (χ0) is 13.2. The molecule has 2 rings (SSSR count). The van der Waals surface area contributed by atoms with Crippen molar-refractivity contribution in [1.29, 1.82) is 0 Å². The lowest BCUT2D eigenvalue weighted by molar-refractivity contribution is 0.139. The van der Waals surface area contributed by atoms with E-state index in [-0.39, 0.29) is 11.8 Å². The first-order chi connectivity index (χ1) is 8.50. The molecule has 1 heterocycles. The maximum atomic E-state index is 12.3. The molecule has 0 bridgehead atoms. The van der Waals surface area contributed by atoms with Crippen LogP contribution in [0.25, 0.3) is 0 Å². The molecule has 1 aromatic rings. The number of sulfone groups is 1. The zero-order valence-corrected chi connectivity index (χ0v) is 11.9. The number of nitrogens with zero attached hydrogens (tertiary/aromatic N) is 1. The Morgan fingerprint density at radius 2 is 1.89 bits per heavy atom. The van der Waals surface area contributed by atoms with Gasteiger partial charge in [0.05, 0.1) is 10.6 Å². The molecule has 1 fully saturated rings. The zero-order valence-electron chi connectivity index (χ0n) is 11.0.